The number of aromatic hydroxyl groups is 3. The van der Waals surface area contributed by atoms with Crippen molar-refractivity contribution >= 4 is 5.78 Å². The predicted octanol–water partition coefficient (Wildman–Crippen LogP) is 2.55. The van der Waals surface area contributed by atoms with Crippen molar-refractivity contribution in [1.82, 2.24) is 0 Å². The minimum atomic E-state index is -0.436. The molecule has 0 heterocycles. The van der Waals surface area contributed by atoms with Gasteiger partial charge in [0.05, 0.1) is 7.11 Å². The van der Waals surface area contributed by atoms with Crippen LogP contribution in [0.25, 0.3) is 0 Å². The summed E-state index contributed by atoms with van der Waals surface area (Å²) in [6, 6.07) is 7.97. The van der Waals surface area contributed by atoms with Crippen molar-refractivity contribution < 1.29 is 24.9 Å². The molecule has 110 valence electrons. The number of Topliss-reactive ketones (excluding diaryl/α,β-unsaturated/α-hetero) is 1. The van der Waals surface area contributed by atoms with Gasteiger partial charge < -0.3 is 20.1 Å². The zero-order valence-corrected chi connectivity index (χ0v) is 11.8. The van der Waals surface area contributed by atoms with E-state index in [4.69, 9.17) is 4.74 Å². The van der Waals surface area contributed by atoms with Gasteiger partial charge in [-0.2, -0.15) is 0 Å². The summed E-state index contributed by atoms with van der Waals surface area (Å²) in [6.07, 6.45) is 0.0231. The van der Waals surface area contributed by atoms with Crippen LogP contribution in [-0.4, -0.2) is 28.2 Å². The van der Waals surface area contributed by atoms with Gasteiger partial charge in [0.25, 0.3) is 0 Å². The Morgan fingerprint density at radius 2 is 1.71 bits per heavy atom. The van der Waals surface area contributed by atoms with E-state index < -0.39 is 17.3 Å². The number of carbonyl (C=O) groups excluding carboxylic acids is 1. The van der Waals surface area contributed by atoms with Crippen LogP contribution >= 0.6 is 0 Å². The molecule has 0 aliphatic rings. The topological polar surface area (TPSA) is 87.0 Å². The van der Waals surface area contributed by atoms with Crippen molar-refractivity contribution in [3.63, 3.8) is 0 Å². The van der Waals surface area contributed by atoms with Crippen LogP contribution in [0, 0.1) is 6.92 Å². The Hall–Kier alpha value is -2.69. The molecule has 0 radical (unpaired) electrons. The predicted molar refractivity (Wildman–Crippen MR) is 77.2 cm³/mol. The van der Waals surface area contributed by atoms with Crippen LogP contribution in [0.5, 0.6) is 23.0 Å². The van der Waals surface area contributed by atoms with Gasteiger partial charge in [-0.1, -0.05) is 12.1 Å². The van der Waals surface area contributed by atoms with Crippen LogP contribution < -0.4 is 4.74 Å². The van der Waals surface area contributed by atoms with Gasteiger partial charge in [0.1, 0.15) is 28.6 Å². The first-order valence-corrected chi connectivity index (χ1v) is 6.34. The quantitative estimate of drug-likeness (QED) is 0.753. The third-order valence-corrected chi connectivity index (χ3v) is 3.31. The molecule has 0 saturated carbocycles. The fourth-order valence-corrected chi connectivity index (χ4v) is 2.03. The highest BCUT2D eigenvalue weighted by atomic mass is 16.5. The monoisotopic (exact) mass is 288 g/mol. The fraction of sp³-hybridized carbons (Fsp3) is 0.188. The van der Waals surface area contributed by atoms with Gasteiger partial charge in [-0.25, -0.2) is 0 Å². The first-order chi connectivity index (χ1) is 9.93. The van der Waals surface area contributed by atoms with E-state index in [0.717, 1.165) is 11.6 Å². The van der Waals surface area contributed by atoms with Gasteiger partial charge >= 0.3 is 0 Å². The van der Waals surface area contributed by atoms with Gasteiger partial charge in [-0.05, 0) is 24.6 Å². The van der Waals surface area contributed by atoms with Crippen LogP contribution in [0.3, 0.4) is 0 Å². The van der Waals surface area contributed by atoms with Crippen molar-refractivity contribution in [2.45, 2.75) is 13.3 Å². The second kappa shape index (κ2) is 5.75. The molecule has 2 aromatic rings. The molecule has 5 nitrogen and oxygen atoms in total. The SMILES string of the molecule is COc1ccc(CC(=O)c2c(O)cc(O)c(C)c2O)cc1. The van der Waals surface area contributed by atoms with Crippen LogP contribution in [0.4, 0.5) is 0 Å². The molecule has 0 aliphatic carbocycles. The number of hydrogen-bond donors (Lipinski definition) is 3. The first kappa shape index (κ1) is 14.7. The van der Waals surface area contributed by atoms with Crippen molar-refractivity contribution in [2.24, 2.45) is 0 Å². The average molecular weight is 288 g/mol. The van der Waals surface area contributed by atoms with E-state index in [1.54, 1.807) is 31.4 Å². The standard InChI is InChI=1S/C16H16O5/c1-9-12(17)8-14(19)15(16(9)20)13(18)7-10-3-5-11(21-2)6-4-10/h3-6,8,17,19-20H,7H2,1-2H3. The number of methoxy groups -OCH3 is 1. The molecule has 21 heavy (non-hydrogen) atoms. The number of benzene rings is 2. The lowest BCUT2D eigenvalue weighted by molar-refractivity contribution is 0.0987. The summed E-state index contributed by atoms with van der Waals surface area (Å²) in [5.41, 5.74) is 0.706. The summed E-state index contributed by atoms with van der Waals surface area (Å²) >= 11 is 0. The molecule has 2 rings (SSSR count). The molecular formula is C16H16O5. The number of rotatable bonds is 4. The summed E-state index contributed by atoms with van der Waals surface area (Å²) in [5.74, 6) is -0.846. The van der Waals surface area contributed by atoms with E-state index in [2.05, 4.69) is 0 Å². The maximum atomic E-state index is 12.2. The molecule has 0 fully saturated rings. The maximum absolute atomic E-state index is 12.2. The fourth-order valence-electron chi connectivity index (χ4n) is 2.03. The van der Waals surface area contributed by atoms with E-state index in [-0.39, 0.29) is 23.3 Å². The zero-order chi connectivity index (χ0) is 15.6. The molecular weight excluding hydrogens is 272 g/mol. The molecule has 0 atom stereocenters. The molecule has 0 unspecified atom stereocenters. The summed E-state index contributed by atoms with van der Waals surface area (Å²) in [6.45, 7) is 1.47. The molecule has 0 aliphatic heterocycles. The molecule has 0 aromatic heterocycles. The lowest BCUT2D eigenvalue weighted by Gasteiger charge is -2.10. The van der Waals surface area contributed by atoms with Gasteiger partial charge in [-0.3, -0.25) is 4.79 Å². The summed E-state index contributed by atoms with van der Waals surface area (Å²) < 4.78 is 5.03. The van der Waals surface area contributed by atoms with Crippen LogP contribution in [0.2, 0.25) is 0 Å². The third-order valence-electron chi connectivity index (χ3n) is 3.31. The lowest BCUT2D eigenvalue weighted by atomic mass is 9.98. The van der Waals surface area contributed by atoms with Crippen LogP contribution in [0.15, 0.2) is 30.3 Å². The molecule has 0 amide bonds. The van der Waals surface area contributed by atoms with Crippen LogP contribution in [-0.2, 0) is 6.42 Å². The van der Waals surface area contributed by atoms with Crippen molar-refractivity contribution in [2.75, 3.05) is 7.11 Å². The molecule has 0 bridgehead atoms. The smallest absolute Gasteiger partial charge is 0.174 e. The Kier molecular flexibility index (Phi) is 4.03. The zero-order valence-electron chi connectivity index (χ0n) is 11.8. The first-order valence-electron chi connectivity index (χ1n) is 6.34. The normalized spacial score (nSPS) is 10.4. The highest BCUT2D eigenvalue weighted by Gasteiger charge is 2.20. The Bertz CT molecular complexity index is 674. The van der Waals surface area contributed by atoms with Crippen molar-refractivity contribution in [1.29, 1.82) is 0 Å². The maximum Gasteiger partial charge on any atom is 0.174 e. The average Bonchev–Trinajstić information content (AvgIpc) is 2.45. The number of phenolic OH excluding ortho intramolecular Hbond substituents is 3. The number of hydrogen-bond acceptors (Lipinski definition) is 5. The number of ketones is 1. The summed E-state index contributed by atoms with van der Waals surface area (Å²) in [4.78, 5) is 12.2. The van der Waals surface area contributed by atoms with E-state index in [9.17, 15) is 20.1 Å². The van der Waals surface area contributed by atoms with Gasteiger partial charge in [-0.15, -0.1) is 0 Å². The third kappa shape index (κ3) is 2.91. The van der Waals surface area contributed by atoms with E-state index in [1.165, 1.54) is 6.92 Å². The molecule has 0 spiro atoms. The highest BCUT2D eigenvalue weighted by molar-refractivity contribution is 6.03. The van der Waals surface area contributed by atoms with Crippen molar-refractivity contribution in [3.8, 4) is 23.0 Å². The summed E-state index contributed by atoms with van der Waals surface area (Å²) in [5, 5.41) is 29.2. The second-order valence-corrected chi connectivity index (χ2v) is 4.71. The Morgan fingerprint density at radius 3 is 2.29 bits per heavy atom. The second-order valence-electron chi connectivity index (χ2n) is 4.71. The Labute approximate surface area is 122 Å². The van der Waals surface area contributed by atoms with E-state index >= 15 is 0 Å². The molecule has 5 heteroatoms. The lowest BCUT2D eigenvalue weighted by Crippen LogP contribution is -2.05. The molecule has 3 N–H and O–H groups in total. The molecule has 2 aromatic carbocycles. The number of ether oxygens (including phenoxy) is 1. The number of carbonyl (C=O) groups is 1. The highest BCUT2D eigenvalue weighted by Crippen LogP contribution is 2.37. The minimum absolute atomic E-state index is 0.0231. The van der Waals surface area contributed by atoms with E-state index in [1.807, 2.05) is 0 Å². The van der Waals surface area contributed by atoms with Gasteiger partial charge in [0.15, 0.2) is 5.78 Å². The van der Waals surface area contributed by atoms with Crippen LogP contribution in [0.1, 0.15) is 21.5 Å². The Morgan fingerprint density at radius 1 is 1.10 bits per heavy atom. The summed E-state index contributed by atoms with van der Waals surface area (Å²) in [7, 11) is 1.55. The number of phenols is 3. The van der Waals surface area contributed by atoms with Gasteiger partial charge in [0, 0.05) is 18.1 Å². The largest absolute Gasteiger partial charge is 0.507 e. The molecule has 0 saturated heterocycles. The Balaban J connectivity index is 2.30. The minimum Gasteiger partial charge on any atom is -0.507 e. The van der Waals surface area contributed by atoms with E-state index in [0.29, 0.717) is 5.75 Å². The van der Waals surface area contributed by atoms with Gasteiger partial charge in [0.2, 0.25) is 0 Å². The van der Waals surface area contributed by atoms with Crippen molar-refractivity contribution in [3.05, 3.63) is 47.0 Å².